The molecule has 0 bridgehead atoms. The van der Waals surface area contributed by atoms with Crippen molar-refractivity contribution in [1.29, 1.82) is 0 Å². The van der Waals surface area contributed by atoms with Crippen LogP contribution in [-0.2, 0) is 0 Å². The number of rotatable bonds is 10. The molecular formula is C13H29N. The van der Waals surface area contributed by atoms with Gasteiger partial charge in [0.05, 0.1) is 0 Å². The van der Waals surface area contributed by atoms with E-state index in [1.807, 2.05) is 0 Å². The highest BCUT2D eigenvalue weighted by atomic mass is 14.9. The zero-order chi connectivity index (χ0) is 10.6. The molecule has 0 aromatic heterocycles. The Bertz CT molecular complexity index is 97.4. The van der Waals surface area contributed by atoms with E-state index in [2.05, 4.69) is 26.1 Å². The summed E-state index contributed by atoms with van der Waals surface area (Å²) in [6, 6.07) is 0.755. The fourth-order valence-electron chi connectivity index (χ4n) is 1.79. The Balaban J connectivity index is 3.04. The minimum absolute atomic E-state index is 0.755. The molecule has 14 heavy (non-hydrogen) atoms. The molecule has 0 rings (SSSR count). The van der Waals surface area contributed by atoms with Crippen molar-refractivity contribution >= 4 is 0 Å². The first-order valence-electron chi connectivity index (χ1n) is 6.58. The van der Waals surface area contributed by atoms with Crippen LogP contribution in [0.3, 0.4) is 0 Å². The Morgan fingerprint density at radius 3 is 1.93 bits per heavy atom. The summed E-state index contributed by atoms with van der Waals surface area (Å²) in [5.41, 5.74) is 0. The summed E-state index contributed by atoms with van der Waals surface area (Å²) in [5.74, 6) is 0. The van der Waals surface area contributed by atoms with E-state index < -0.39 is 0 Å². The van der Waals surface area contributed by atoms with Crippen LogP contribution in [0.25, 0.3) is 0 Å². The van der Waals surface area contributed by atoms with E-state index in [1.165, 1.54) is 57.9 Å². The van der Waals surface area contributed by atoms with Crippen molar-refractivity contribution in [3.05, 3.63) is 0 Å². The molecule has 0 radical (unpaired) electrons. The Hall–Kier alpha value is -0.0400. The lowest BCUT2D eigenvalue weighted by Gasteiger charge is -2.14. The predicted octanol–water partition coefficient (Wildman–Crippen LogP) is 4.13. The van der Waals surface area contributed by atoms with Gasteiger partial charge in [-0.25, -0.2) is 0 Å². The van der Waals surface area contributed by atoms with Crippen LogP contribution in [-0.4, -0.2) is 12.6 Å². The third-order valence-electron chi connectivity index (χ3n) is 2.95. The molecule has 0 saturated carbocycles. The number of unbranched alkanes of at least 4 members (excludes halogenated alkanes) is 5. The van der Waals surface area contributed by atoms with Gasteiger partial charge >= 0.3 is 0 Å². The first kappa shape index (κ1) is 14.0. The van der Waals surface area contributed by atoms with Gasteiger partial charge in [0, 0.05) is 6.04 Å². The van der Waals surface area contributed by atoms with Crippen LogP contribution in [0.2, 0.25) is 0 Å². The summed E-state index contributed by atoms with van der Waals surface area (Å²) in [6.45, 7) is 8.03. The van der Waals surface area contributed by atoms with E-state index in [1.54, 1.807) is 0 Å². The minimum Gasteiger partial charge on any atom is -0.314 e. The van der Waals surface area contributed by atoms with Crippen LogP contribution in [0.1, 0.15) is 72.1 Å². The largest absolute Gasteiger partial charge is 0.314 e. The van der Waals surface area contributed by atoms with Gasteiger partial charge in [-0.15, -0.1) is 0 Å². The summed E-state index contributed by atoms with van der Waals surface area (Å²) < 4.78 is 0. The summed E-state index contributed by atoms with van der Waals surface area (Å²) in [4.78, 5) is 0. The summed E-state index contributed by atoms with van der Waals surface area (Å²) >= 11 is 0. The summed E-state index contributed by atoms with van der Waals surface area (Å²) in [5, 5.41) is 3.61. The number of hydrogen-bond donors (Lipinski definition) is 1. The Kier molecular flexibility index (Phi) is 11.0. The molecule has 0 atom stereocenters. The zero-order valence-corrected chi connectivity index (χ0v) is 10.4. The number of nitrogens with one attached hydrogen (secondary N) is 1. The lowest BCUT2D eigenvalue weighted by Crippen LogP contribution is -2.28. The highest BCUT2D eigenvalue weighted by molar-refractivity contribution is 4.61. The quantitative estimate of drug-likeness (QED) is 0.522. The van der Waals surface area contributed by atoms with E-state index in [0.717, 1.165) is 6.04 Å². The summed E-state index contributed by atoms with van der Waals surface area (Å²) in [7, 11) is 0. The topological polar surface area (TPSA) is 12.0 Å². The molecule has 0 saturated heterocycles. The van der Waals surface area contributed by atoms with Crippen molar-refractivity contribution in [2.45, 2.75) is 78.2 Å². The minimum atomic E-state index is 0.755. The normalized spacial score (nSPS) is 11.1. The average molecular weight is 199 g/mol. The van der Waals surface area contributed by atoms with Crippen molar-refractivity contribution in [2.24, 2.45) is 0 Å². The molecule has 1 heteroatoms. The second-order valence-electron chi connectivity index (χ2n) is 4.24. The molecule has 1 nitrogen and oxygen atoms in total. The van der Waals surface area contributed by atoms with Gasteiger partial charge < -0.3 is 5.32 Å². The smallest absolute Gasteiger partial charge is 0.00618 e. The standard InChI is InChI=1S/C13H29N/c1-4-7-8-9-10-11-12-14-13(5-2)6-3/h13-14H,4-12H2,1-3H3. The van der Waals surface area contributed by atoms with Gasteiger partial charge in [-0.1, -0.05) is 52.9 Å². The Morgan fingerprint density at radius 2 is 1.36 bits per heavy atom. The van der Waals surface area contributed by atoms with E-state index in [4.69, 9.17) is 0 Å². The van der Waals surface area contributed by atoms with E-state index in [-0.39, 0.29) is 0 Å². The predicted molar refractivity (Wildman–Crippen MR) is 65.7 cm³/mol. The van der Waals surface area contributed by atoms with Gasteiger partial charge in [-0.3, -0.25) is 0 Å². The maximum absolute atomic E-state index is 3.61. The molecule has 0 aromatic carbocycles. The fraction of sp³-hybridized carbons (Fsp3) is 1.00. The van der Waals surface area contributed by atoms with Crippen molar-refractivity contribution in [1.82, 2.24) is 5.32 Å². The third kappa shape index (κ3) is 8.55. The lowest BCUT2D eigenvalue weighted by molar-refractivity contribution is 0.468. The third-order valence-corrected chi connectivity index (χ3v) is 2.95. The fourth-order valence-corrected chi connectivity index (χ4v) is 1.79. The van der Waals surface area contributed by atoms with Crippen molar-refractivity contribution in [3.8, 4) is 0 Å². The van der Waals surface area contributed by atoms with E-state index in [0.29, 0.717) is 0 Å². The second-order valence-corrected chi connectivity index (χ2v) is 4.24. The zero-order valence-electron chi connectivity index (χ0n) is 10.4. The van der Waals surface area contributed by atoms with Gasteiger partial charge in [-0.05, 0) is 25.8 Å². The van der Waals surface area contributed by atoms with Gasteiger partial charge in [0.2, 0.25) is 0 Å². The highest BCUT2D eigenvalue weighted by Gasteiger charge is 2.00. The van der Waals surface area contributed by atoms with E-state index in [9.17, 15) is 0 Å². The molecule has 0 heterocycles. The van der Waals surface area contributed by atoms with Crippen LogP contribution in [0.15, 0.2) is 0 Å². The molecular weight excluding hydrogens is 170 g/mol. The van der Waals surface area contributed by atoms with Crippen molar-refractivity contribution in [2.75, 3.05) is 6.54 Å². The maximum Gasteiger partial charge on any atom is 0.00618 e. The molecule has 0 aliphatic carbocycles. The van der Waals surface area contributed by atoms with Crippen LogP contribution in [0.4, 0.5) is 0 Å². The van der Waals surface area contributed by atoms with Crippen LogP contribution < -0.4 is 5.32 Å². The van der Waals surface area contributed by atoms with Crippen LogP contribution >= 0.6 is 0 Å². The van der Waals surface area contributed by atoms with Crippen molar-refractivity contribution < 1.29 is 0 Å². The average Bonchev–Trinajstić information content (AvgIpc) is 2.22. The Morgan fingerprint density at radius 1 is 0.786 bits per heavy atom. The van der Waals surface area contributed by atoms with Gasteiger partial charge in [0.15, 0.2) is 0 Å². The molecule has 0 spiro atoms. The molecule has 0 amide bonds. The first-order chi connectivity index (χ1) is 6.85. The monoisotopic (exact) mass is 199 g/mol. The molecule has 0 aromatic rings. The molecule has 0 unspecified atom stereocenters. The molecule has 86 valence electrons. The van der Waals surface area contributed by atoms with E-state index >= 15 is 0 Å². The SMILES string of the molecule is CCCCCCCCNC(CC)CC. The molecule has 0 aliphatic rings. The highest BCUT2D eigenvalue weighted by Crippen LogP contribution is 2.04. The molecule has 0 aliphatic heterocycles. The lowest BCUT2D eigenvalue weighted by atomic mass is 10.1. The van der Waals surface area contributed by atoms with Crippen LogP contribution in [0.5, 0.6) is 0 Å². The second kappa shape index (κ2) is 11.0. The van der Waals surface area contributed by atoms with Gasteiger partial charge in [-0.2, -0.15) is 0 Å². The molecule has 0 fully saturated rings. The maximum atomic E-state index is 3.61. The Labute approximate surface area is 90.7 Å². The number of hydrogen-bond acceptors (Lipinski definition) is 1. The van der Waals surface area contributed by atoms with Crippen LogP contribution in [0, 0.1) is 0 Å². The molecule has 1 N–H and O–H groups in total. The van der Waals surface area contributed by atoms with Gasteiger partial charge in [0.1, 0.15) is 0 Å². The van der Waals surface area contributed by atoms with Gasteiger partial charge in [0.25, 0.3) is 0 Å². The van der Waals surface area contributed by atoms with Crippen molar-refractivity contribution in [3.63, 3.8) is 0 Å². The first-order valence-corrected chi connectivity index (χ1v) is 6.58. The summed E-state index contributed by atoms with van der Waals surface area (Å²) in [6.07, 6.45) is 10.9.